The molecule has 0 amide bonds. The Bertz CT molecular complexity index is 1080. The summed E-state index contributed by atoms with van der Waals surface area (Å²) < 4.78 is 14.1. The molecule has 2 nitrogen and oxygen atoms in total. The van der Waals surface area contributed by atoms with E-state index in [2.05, 4.69) is 11.8 Å². The summed E-state index contributed by atoms with van der Waals surface area (Å²) in [5.74, 6) is 5.71. The van der Waals surface area contributed by atoms with E-state index in [-0.39, 0.29) is 0 Å². The van der Waals surface area contributed by atoms with Crippen LogP contribution in [0.2, 0.25) is 0 Å². The highest BCUT2D eigenvalue weighted by Crippen LogP contribution is 2.24. The van der Waals surface area contributed by atoms with E-state index in [1.165, 1.54) is 6.07 Å². The minimum absolute atomic E-state index is 0.299. The van der Waals surface area contributed by atoms with Crippen LogP contribution in [0.25, 0.3) is 11.1 Å². The summed E-state index contributed by atoms with van der Waals surface area (Å²) in [4.78, 5) is 0.881. The summed E-state index contributed by atoms with van der Waals surface area (Å²) >= 11 is 1.11. The third-order valence-electron chi connectivity index (χ3n) is 3.66. The number of benzene rings is 3. The van der Waals surface area contributed by atoms with Crippen molar-refractivity contribution in [1.82, 2.24) is 0 Å². The first-order valence-corrected chi connectivity index (χ1v) is 8.49. The summed E-state index contributed by atoms with van der Waals surface area (Å²) in [6, 6.07) is 21.1. The third-order valence-corrected chi connectivity index (χ3v) is 4.26. The molecule has 0 spiro atoms. The summed E-state index contributed by atoms with van der Waals surface area (Å²) in [6.45, 7) is 0. The monoisotopic (exact) mass is 354 g/mol. The van der Waals surface area contributed by atoms with E-state index in [0.717, 1.165) is 33.3 Å². The molecule has 0 aliphatic carbocycles. The van der Waals surface area contributed by atoms with Crippen molar-refractivity contribution in [2.75, 3.05) is 0 Å². The minimum Gasteiger partial charge on any atom is -0.206 e. The Hall–Kier alpha value is -3.52. The molecule has 0 aliphatic heterocycles. The van der Waals surface area contributed by atoms with E-state index in [1.807, 2.05) is 47.9 Å². The van der Waals surface area contributed by atoms with E-state index in [0.29, 0.717) is 11.1 Å². The lowest BCUT2D eigenvalue weighted by Gasteiger charge is -2.04. The van der Waals surface area contributed by atoms with Gasteiger partial charge >= 0.3 is 0 Å². The second-order valence-electron chi connectivity index (χ2n) is 5.35. The van der Waals surface area contributed by atoms with Crippen LogP contribution in [-0.2, 0) is 0 Å². The van der Waals surface area contributed by atoms with Crippen molar-refractivity contribution in [3.8, 4) is 34.4 Å². The van der Waals surface area contributed by atoms with Crippen molar-refractivity contribution in [3.05, 3.63) is 89.2 Å². The van der Waals surface area contributed by atoms with Gasteiger partial charge in [-0.15, -0.1) is 0 Å². The Balaban J connectivity index is 1.79. The number of hydrogen-bond acceptors (Lipinski definition) is 3. The SMILES string of the molecule is N#CSc1ccc(C#Cc2ccc(-c3ccc(C#N)cc3F)cc2)cc1. The van der Waals surface area contributed by atoms with Gasteiger partial charge in [-0.05, 0) is 65.9 Å². The van der Waals surface area contributed by atoms with Gasteiger partial charge in [-0.2, -0.15) is 10.5 Å². The Labute approximate surface area is 155 Å². The van der Waals surface area contributed by atoms with Gasteiger partial charge in [-0.25, -0.2) is 4.39 Å². The first-order valence-electron chi connectivity index (χ1n) is 7.68. The Morgan fingerprint density at radius 3 is 1.85 bits per heavy atom. The van der Waals surface area contributed by atoms with Gasteiger partial charge in [-0.3, -0.25) is 0 Å². The van der Waals surface area contributed by atoms with Crippen molar-refractivity contribution < 1.29 is 4.39 Å². The average Bonchev–Trinajstić information content (AvgIpc) is 2.68. The molecule has 0 radical (unpaired) electrons. The van der Waals surface area contributed by atoms with E-state index in [1.54, 1.807) is 24.3 Å². The van der Waals surface area contributed by atoms with Crippen LogP contribution in [0.3, 0.4) is 0 Å². The van der Waals surface area contributed by atoms with Crippen LogP contribution in [0.4, 0.5) is 4.39 Å². The second kappa shape index (κ2) is 8.04. The fraction of sp³-hybridized carbons (Fsp3) is 0. The van der Waals surface area contributed by atoms with Gasteiger partial charge in [0.1, 0.15) is 11.2 Å². The van der Waals surface area contributed by atoms with Crippen LogP contribution in [0.15, 0.2) is 71.6 Å². The van der Waals surface area contributed by atoms with Crippen LogP contribution in [0.5, 0.6) is 0 Å². The van der Waals surface area contributed by atoms with Crippen molar-refractivity contribution in [2.45, 2.75) is 4.90 Å². The number of thioether (sulfide) groups is 1. The molecule has 0 aromatic heterocycles. The molecule has 3 aromatic rings. The number of thiocyanates is 1. The van der Waals surface area contributed by atoms with Crippen molar-refractivity contribution >= 4 is 11.8 Å². The van der Waals surface area contributed by atoms with E-state index >= 15 is 0 Å². The van der Waals surface area contributed by atoms with Gasteiger partial charge in [0.05, 0.1) is 11.6 Å². The number of nitriles is 2. The molecule has 0 fully saturated rings. The van der Waals surface area contributed by atoms with Gasteiger partial charge in [0.25, 0.3) is 0 Å². The zero-order valence-electron chi connectivity index (χ0n) is 13.5. The highest BCUT2D eigenvalue weighted by Gasteiger charge is 2.06. The highest BCUT2D eigenvalue weighted by atomic mass is 32.2. The van der Waals surface area contributed by atoms with Gasteiger partial charge in [0.2, 0.25) is 0 Å². The topological polar surface area (TPSA) is 47.6 Å². The fourth-order valence-electron chi connectivity index (χ4n) is 2.36. The molecule has 0 unspecified atom stereocenters. The third kappa shape index (κ3) is 4.11. The van der Waals surface area contributed by atoms with Crippen LogP contribution < -0.4 is 0 Å². The Morgan fingerprint density at radius 1 is 0.731 bits per heavy atom. The van der Waals surface area contributed by atoms with Crippen molar-refractivity contribution in [1.29, 1.82) is 10.5 Å². The smallest absolute Gasteiger partial charge is 0.138 e. The molecule has 3 aromatic carbocycles. The van der Waals surface area contributed by atoms with E-state index in [4.69, 9.17) is 10.5 Å². The molecule has 0 atom stereocenters. The fourth-order valence-corrected chi connectivity index (χ4v) is 2.73. The Morgan fingerprint density at radius 2 is 1.31 bits per heavy atom. The predicted molar refractivity (Wildman–Crippen MR) is 100 cm³/mol. The van der Waals surface area contributed by atoms with E-state index in [9.17, 15) is 4.39 Å². The maximum absolute atomic E-state index is 14.1. The summed E-state index contributed by atoms with van der Waals surface area (Å²) in [6.07, 6.45) is 0. The molecule has 0 heterocycles. The first-order chi connectivity index (χ1) is 12.7. The van der Waals surface area contributed by atoms with E-state index < -0.39 is 5.82 Å². The van der Waals surface area contributed by atoms with Crippen LogP contribution in [-0.4, -0.2) is 0 Å². The quantitative estimate of drug-likeness (QED) is 0.355. The lowest BCUT2D eigenvalue weighted by molar-refractivity contribution is 0.631. The molecule has 0 aliphatic rings. The molecule has 0 N–H and O–H groups in total. The number of halogens is 1. The molecule has 0 saturated carbocycles. The normalized spacial score (nSPS) is 9.50. The Kier molecular flexibility index (Phi) is 5.35. The minimum atomic E-state index is -0.418. The molecule has 3 rings (SSSR count). The van der Waals surface area contributed by atoms with Crippen molar-refractivity contribution in [2.24, 2.45) is 0 Å². The van der Waals surface area contributed by atoms with Gasteiger partial charge < -0.3 is 0 Å². The molecular weight excluding hydrogens is 343 g/mol. The highest BCUT2D eigenvalue weighted by molar-refractivity contribution is 8.03. The number of rotatable bonds is 2. The molecular formula is C22H11FN2S. The summed E-state index contributed by atoms with van der Waals surface area (Å²) in [5.41, 5.74) is 3.16. The molecule has 0 bridgehead atoms. The second-order valence-corrected chi connectivity index (χ2v) is 6.21. The zero-order chi connectivity index (χ0) is 18.4. The standard InChI is InChI=1S/C22H11FN2S/c23-22-13-18(14-24)7-12-21(22)19-8-3-16(4-9-19)1-2-17-5-10-20(11-6-17)26-15-25/h3-13H. The summed E-state index contributed by atoms with van der Waals surface area (Å²) in [7, 11) is 0. The molecule has 122 valence electrons. The maximum Gasteiger partial charge on any atom is 0.138 e. The van der Waals surface area contributed by atoms with Crippen LogP contribution >= 0.6 is 11.8 Å². The summed E-state index contributed by atoms with van der Waals surface area (Å²) in [5, 5.41) is 19.5. The zero-order valence-corrected chi connectivity index (χ0v) is 14.3. The average molecular weight is 354 g/mol. The first kappa shape index (κ1) is 17.3. The van der Waals surface area contributed by atoms with Gasteiger partial charge in [0, 0.05) is 21.6 Å². The lowest BCUT2D eigenvalue weighted by Crippen LogP contribution is -1.86. The molecule has 26 heavy (non-hydrogen) atoms. The maximum atomic E-state index is 14.1. The largest absolute Gasteiger partial charge is 0.206 e. The van der Waals surface area contributed by atoms with Gasteiger partial charge in [-0.1, -0.05) is 30.0 Å². The molecule has 4 heteroatoms. The molecule has 0 saturated heterocycles. The van der Waals surface area contributed by atoms with Crippen molar-refractivity contribution in [3.63, 3.8) is 0 Å². The van der Waals surface area contributed by atoms with Crippen LogP contribution in [0, 0.1) is 39.7 Å². The lowest BCUT2D eigenvalue weighted by atomic mass is 10.0. The predicted octanol–water partition coefficient (Wildman–Crippen LogP) is 5.34. The number of hydrogen-bond donors (Lipinski definition) is 0. The van der Waals surface area contributed by atoms with Crippen LogP contribution in [0.1, 0.15) is 16.7 Å². The number of nitrogens with zero attached hydrogens (tertiary/aromatic N) is 2. The van der Waals surface area contributed by atoms with Gasteiger partial charge in [0.15, 0.2) is 0 Å².